The van der Waals surface area contributed by atoms with Crippen molar-refractivity contribution < 1.29 is 0 Å². The Labute approximate surface area is 458 Å². The molecule has 0 saturated carbocycles. The SMILES string of the molecule is Cc1ccncc1-c1ccccc1.Cc1ccncc1-c1ccccn1.Cc1ccncc1-c1cccnc1.Cc1ccncc1-c1ccncc1.Cc1cnccc1-c1ccccc1.Cc1cnccc1-c1ccccn1. The van der Waals surface area contributed by atoms with Gasteiger partial charge < -0.3 is 0 Å². The maximum Gasteiger partial charge on any atom is 0.0720 e. The molecule has 10 aromatic heterocycles. The minimum absolute atomic E-state index is 0.980. The Bertz CT molecular complexity index is 3000. The summed E-state index contributed by atoms with van der Waals surface area (Å²) in [6, 6.07) is 52.5. The van der Waals surface area contributed by atoms with Gasteiger partial charge in [-0.15, -0.1) is 0 Å². The third-order valence-corrected chi connectivity index (χ3v) is 12.2. The Morgan fingerprint density at radius 1 is 0.192 bits per heavy atom. The summed E-state index contributed by atoms with van der Waals surface area (Å²) in [5.41, 5.74) is 21.1. The van der Waals surface area contributed by atoms with Crippen LogP contribution in [0.5, 0.6) is 0 Å². The van der Waals surface area contributed by atoms with Gasteiger partial charge in [-0.2, -0.15) is 0 Å². The van der Waals surface area contributed by atoms with Gasteiger partial charge in [-0.05, 0) is 176 Å². The summed E-state index contributed by atoms with van der Waals surface area (Å²) in [7, 11) is 0. The van der Waals surface area contributed by atoms with E-state index in [4.69, 9.17) is 0 Å². The quantitative estimate of drug-likeness (QED) is 0.159. The molecular formula is C68H62N10. The van der Waals surface area contributed by atoms with E-state index in [0.29, 0.717) is 0 Å². The van der Waals surface area contributed by atoms with Crippen molar-refractivity contribution in [2.75, 3.05) is 0 Å². The average Bonchev–Trinajstić information content (AvgIpc) is 3.50. The van der Waals surface area contributed by atoms with Gasteiger partial charge in [-0.1, -0.05) is 78.9 Å². The lowest BCUT2D eigenvalue weighted by Crippen LogP contribution is -1.86. The van der Waals surface area contributed by atoms with Gasteiger partial charge in [0.15, 0.2) is 0 Å². The van der Waals surface area contributed by atoms with Gasteiger partial charge >= 0.3 is 0 Å². The van der Waals surface area contributed by atoms with E-state index in [-0.39, 0.29) is 0 Å². The van der Waals surface area contributed by atoms with E-state index in [2.05, 4.69) is 121 Å². The molecule has 2 aromatic carbocycles. The molecule has 0 fully saturated rings. The van der Waals surface area contributed by atoms with Crippen molar-refractivity contribution in [3.8, 4) is 67.0 Å². The molecular weight excluding hydrogens is 957 g/mol. The highest BCUT2D eigenvalue weighted by Gasteiger charge is 2.04. The zero-order chi connectivity index (χ0) is 54.6. The number of pyridine rings is 10. The van der Waals surface area contributed by atoms with E-state index >= 15 is 0 Å². The van der Waals surface area contributed by atoms with Gasteiger partial charge in [0.1, 0.15) is 0 Å². The molecule has 0 unspecified atom stereocenters. The molecule has 0 spiro atoms. The smallest absolute Gasteiger partial charge is 0.0720 e. The van der Waals surface area contributed by atoms with Crippen molar-refractivity contribution in [1.82, 2.24) is 49.8 Å². The fraction of sp³-hybridized carbons (Fsp3) is 0.0882. The van der Waals surface area contributed by atoms with E-state index in [0.717, 1.165) is 39.2 Å². The van der Waals surface area contributed by atoms with Crippen LogP contribution in [0.1, 0.15) is 33.4 Å². The first-order chi connectivity index (χ1) is 38.3. The molecule has 10 heteroatoms. The molecule has 0 saturated heterocycles. The predicted molar refractivity (Wildman–Crippen MR) is 318 cm³/mol. The molecule has 384 valence electrons. The third-order valence-electron chi connectivity index (χ3n) is 12.2. The van der Waals surface area contributed by atoms with Gasteiger partial charge in [-0.3, -0.25) is 49.8 Å². The maximum atomic E-state index is 4.28. The first-order valence-corrected chi connectivity index (χ1v) is 25.4. The van der Waals surface area contributed by atoms with Crippen LogP contribution < -0.4 is 0 Å². The third kappa shape index (κ3) is 17.0. The number of nitrogens with zero attached hydrogens (tertiary/aromatic N) is 10. The number of rotatable bonds is 6. The van der Waals surface area contributed by atoms with E-state index in [9.17, 15) is 0 Å². The summed E-state index contributed by atoms with van der Waals surface area (Å²) in [4.78, 5) is 41.1. The highest BCUT2D eigenvalue weighted by Crippen LogP contribution is 2.25. The Morgan fingerprint density at radius 3 is 0.962 bits per heavy atom. The Kier molecular flexibility index (Phi) is 21.7. The molecule has 78 heavy (non-hydrogen) atoms. The highest BCUT2D eigenvalue weighted by atomic mass is 14.7. The van der Waals surface area contributed by atoms with E-state index < -0.39 is 0 Å². The summed E-state index contributed by atoms with van der Waals surface area (Å²) < 4.78 is 0. The van der Waals surface area contributed by atoms with Crippen LogP contribution in [-0.2, 0) is 0 Å². The lowest BCUT2D eigenvalue weighted by molar-refractivity contribution is 1.24. The average molecular weight is 1020 g/mol. The van der Waals surface area contributed by atoms with E-state index in [1.807, 2.05) is 184 Å². The lowest BCUT2D eigenvalue weighted by atomic mass is 10.0. The number of aryl methyl sites for hydroxylation is 6. The zero-order valence-corrected chi connectivity index (χ0v) is 44.9. The van der Waals surface area contributed by atoms with Crippen LogP contribution in [0.3, 0.4) is 0 Å². The largest absolute Gasteiger partial charge is 0.265 e. The molecule has 10 nitrogen and oxygen atoms in total. The van der Waals surface area contributed by atoms with Crippen molar-refractivity contribution in [1.29, 1.82) is 0 Å². The molecule has 0 atom stereocenters. The standard InChI is InChI=1S/2C12H11N.4C11H10N2/c1-10-9-13-8-7-12(10)11-5-3-2-4-6-11;1-10-7-8-13-9-12(10)11-5-3-2-4-6-11;1-9-2-5-13-8-11(9)10-3-6-12-7-4-10;1-9-4-6-13-8-11(9)10-3-2-5-12-7-10;1-9-8-12-7-5-10(9)11-4-2-3-6-13-11;1-9-5-7-12-8-10(9)11-4-2-3-6-13-11/h2*2-9H,1H3;4*2-8H,1H3. The molecule has 0 amide bonds. The molecule has 0 aliphatic rings. The Morgan fingerprint density at radius 2 is 0.538 bits per heavy atom. The second kappa shape index (κ2) is 30.3. The summed E-state index contributed by atoms with van der Waals surface area (Å²) >= 11 is 0. The van der Waals surface area contributed by atoms with Crippen LogP contribution in [0.15, 0.2) is 269 Å². The van der Waals surface area contributed by atoms with Crippen molar-refractivity contribution in [2.45, 2.75) is 41.5 Å². The fourth-order valence-corrected chi connectivity index (χ4v) is 7.92. The minimum Gasteiger partial charge on any atom is -0.265 e. The van der Waals surface area contributed by atoms with E-state index in [1.165, 1.54) is 61.2 Å². The molecule has 0 bridgehead atoms. The van der Waals surface area contributed by atoms with Crippen molar-refractivity contribution in [3.63, 3.8) is 0 Å². The Hall–Kier alpha value is -10.1. The van der Waals surface area contributed by atoms with Crippen LogP contribution in [0.25, 0.3) is 67.0 Å². The normalized spacial score (nSPS) is 9.92. The lowest BCUT2D eigenvalue weighted by Gasteiger charge is -2.03. The molecule has 0 N–H and O–H groups in total. The summed E-state index contributed by atoms with van der Waals surface area (Å²) in [5, 5.41) is 0. The van der Waals surface area contributed by atoms with Gasteiger partial charge in [0.05, 0.1) is 11.4 Å². The number of aromatic nitrogens is 10. The summed E-state index contributed by atoms with van der Waals surface area (Å²) in [6.45, 7) is 12.4. The predicted octanol–water partition coefficient (Wildman–Crippen LogP) is 15.9. The fourth-order valence-electron chi connectivity index (χ4n) is 7.92. The first kappa shape index (κ1) is 55.7. The van der Waals surface area contributed by atoms with Crippen molar-refractivity contribution in [3.05, 3.63) is 303 Å². The molecule has 0 aliphatic carbocycles. The van der Waals surface area contributed by atoms with Crippen LogP contribution >= 0.6 is 0 Å². The second-order valence-electron chi connectivity index (χ2n) is 17.8. The number of hydrogen-bond acceptors (Lipinski definition) is 10. The van der Waals surface area contributed by atoms with Gasteiger partial charge in [-0.25, -0.2) is 0 Å². The highest BCUT2D eigenvalue weighted by molar-refractivity contribution is 5.68. The molecule has 10 heterocycles. The van der Waals surface area contributed by atoms with Gasteiger partial charge in [0.25, 0.3) is 0 Å². The minimum atomic E-state index is 0.980. The van der Waals surface area contributed by atoms with Crippen LogP contribution in [0, 0.1) is 41.5 Å². The van der Waals surface area contributed by atoms with E-state index in [1.54, 1.807) is 55.8 Å². The summed E-state index contributed by atoms with van der Waals surface area (Å²) in [5.74, 6) is 0. The molecule has 0 aliphatic heterocycles. The first-order valence-electron chi connectivity index (χ1n) is 25.4. The number of hydrogen-bond donors (Lipinski definition) is 0. The number of benzene rings is 2. The van der Waals surface area contributed by atoms with Crippen LogP contribution in [0.2, 0.25) is 0 Å². The topological polar surface area (TPSA) is 129 Å². The van der Waals surface area contributed by atoms with Gasteiger partial charge in [0.2, 0.25) is 0 Å². The summed E-state index contributed by atoms with van der Waals surface area (Å²) in [6.07, 6.45) is 32.9. The second-order valence-corrected chi connectivity index (χ2v) is 17.8. The Balaban J connectivity index is 0.000000136. The molecule has 0 radical (unpaired) electrons. The zero-order valence-electron chi connectivity index (χ0n) is 44.9. The molecule has 12 aromatic rings. The van der Waals surface area contributed by atoms with Crippen molar-refractivity contribution in [2.24, 2.45) is 0 Å². The monoisotopic (exact) mass is 1020 g/mol. The van der Waals surface area contributed by atoms with Crippen molar-refractivity contribution >= 4 is 0 Å². The van der Waals surface area contributed by atoms with Crippen LogP contribution in [0.4, 0.5) is 0 Å². The van der Waals surface area contributed by atoms with Crippen LogP contribution in [-0.4, -0.2) is 49.8 Å². The maximum absolute atomic E-state index is 4.28. The molecule has 12 rings (SSSR count). The van der Waals surface area contributed by atoms with Gasteiger partial charge in [0, 0.05) is 145 Å².